The zero-order valence-electron chi connectivity index (χ0n) is 13.5. The van der Waals surface area contributed by atoms with Gasteiger partial charge in [-0.3, -0.25) is 9.59 Å². The number of carbonyl (C=O) groups excluding carboxylic acids is 1. The number of nitrogens with zero attached hydrogens (tertiary/aromatic N) is 1. The first-order valence-electron chi connectivity index (χ1n) is 7.48. The highest BCUT2D eigenvalue weighted by atomic mass is 35.5. The standard InChI is InChI=1S/C17H21ClN2O3/c1-11(2)17(3,9-16(22)23)19-15(21)10-20-7-6-12-4-5-13(18)8-14(12)20/h4-8,11H,9-10H2,1-3H3,(H,19,21)(H,22,23). The lowest BCUT2D eigenvalue weighted by Gasteiger charge is -2.33. The average Bonchev–Trinajstić information content (AvgIpc) is 2.79. The molecule has 23 heavy (non-hydrogen) atoms. The number of benzene rings is 1. The summed E-state index contributed by atoms with van der Waals surface area (Å²) in [6, 6.07) is 7.42. The average molecular weight is 337 g/mol. The predicted octanol–water partition coefficient (Wildman–Crippen LogP) is 3.30. The number of carboxylic acids is 1. The Morgan fingerprint density at radius 1 is 1.35 bits per heavy atom. The fraction of sp³-hybridized carbons (Fsp3) is 0.412. The Labute approximate surface area is 140 Å². The number of nitrogens with one attached hydrogen (secondary N) is 1. The molecule has 0 radical (unpaired) electrons. The number of rotatable bonds is 6. The third kappa shape index (κ3) is 4.05. The van der Waals surface area contributed by atoms with Crippen LogP contribution in [0.3, 0.4) is 0 Å². The summed E-state index contributed by atoms with van der Waals surface area (Å²) < 4.78 is 1.80. The van der Waals surface area contributed by atoms with Crippen LogP contribution in [0.15, 0.2) is 30.5 Å². The number of halogens is 1. The van der Waals surface area contributed by atoms with Crippen LogP contribution in [0.4, 0.5) is 0 Å². The van der Waals surface area contributed by atoms with Crippen molar-refractivity contribution in [2.24, 2.45) is 5.92 Å². The van der Waals surface area contributed by atoms with Gasteiger partial charge in [0.2, 0.25) is 5.91 Å². The summed E-state index contributed by atoms with van der Waals surface area (Å²) in [6.45, 7) is 5.67. The molecule has 2 aromatic rings. The quantitative estimate of drug-likeness (QED) is 0.850. The zero-order valence-corrected chi connectivity index (χ0v) is 14.2. The summed E-state index contributed by atoms with van der Waals surface area (Å²) in [7, 11) is 0. The first kappa shape index (κ1) is 17.3. The Hall–Kier alpha value is -2.01. The topological polar surface area (TPSA) is 71.3 Å². The number of fused-ring (bicyclic) bond motifs is 1. The fourth-order valence-electron chi connectivity index (χ4n) is 2.51. The monoisotopic (exact) mass is 336 g/mol. The minimum atomic E-state index is -0.931. The molecule has 1 amide bonds. The van der Waals surface area contributed by atoms with Crippen LogP contribution in [0.5, 0.6) is 0 Å². The van der Waals surface area contributed by atoms with Crippen LogP contribution in [0.2, 0.25) is 5.02 Å². The van der Waals surface area contributed by atoms with Gasteiger partial charge >= 0.3 is 5.97 Å². The summed E-state index contributed by atoms with van der Waals surface area (Å²) in [4.78, 5) is 23.4. The number of carboxylic acid groups (broad SMARTS) is 1. The van der Waals surface area contributed by atoms with Crippen LogP contribution < -0.4 is 5.32 Å². The first-order chi connectivity index (χ1) is 10.7. The molecular weight excluding hydrogens is 316 g/mol. The predicted molar refractivity (Wildman–Crippen MR) is 90.6 cm³/mol. The molecule has 1 aromatic carbocycles. The third-order valence-electron chi connectivity index (χ3n) is 4.27. The van der Waals surface area contributed by atoms with Gasteiger partial charge in [-0.05, 0) is 36.4 Å². The molecule has 1 unspecified atom stereocenters. The number of hydrogen-bond acceptors (Lipinski definition) is 2. The van der Waals surface area contributed by atoms with Crippen molar-refractivity contribution in [3.63, 3.8) is 0 Å². The van der Waals surface area contributed by atoms with Gasteiger partial charge in [0.1, 0.15) is 6.54 Å². The van der Waals surface area contributed by atoms with Gasteiger partial charge in [0.15, 0.2) is 0 Å². The van der Waals surface area contributed by atoms with Crippen molar-refractivity contribution in [3.05, 3.63) is 35.5 Å². The second kappa shape index (κ2) is 6.62. The summed E-state index contributed by atoms with van der Waals surface area (Å²) in [5.74, 6) is -1.15. The van der Waals surface area contributed by atoms with E-state index in [1.807, 2.05) is 38.2 Å². The number of amides is 1. The van der Waals surface area contributed by atoms with Crippen molar-refractivity contribution in [2.45, 2.75) is 39.3 Å². The normalized spacial score (nSPS) is 14.0. The van der Waals surface area contributed by atoms with Crippen molar-refractivity contribution < 1.29 is 14.7 Å². The Morgan fingerprint density at radius 2 is 2.04 bits per heavy atom. The van der Waals surface area contributed by atoms with E-state index in [1.165, 1.54) is 0 Å². The van der Waals surface area contributed by atoms with Gasteiger partial charge in [-0.25, -0.2) is 0 Å². The molecule has 2 rings (SSSR count). The molecule has 0 aliphatic rings. The maximum Gasteiger partial charge on any atom is 0.305 e. The summed E-state index contributed by atoms with van der Waals surface area (Å²) in [5, 5.41) is 13.5. The van der Waals surface area contributed by atoms with Crippen molar-refractivity contribution in [1.29, 1.82) is 0 Å². The molecule has 0 aliphatic carbocycles. The van der Waals surface area contributed by atoms with Crippen LogP contribution in [-0.4, -0.2) is 27.1 Å². The number of carbonyl (C=O) groups is 2. The van der Waals surface area contributed by atoms with E-state index in [9.17, 15) is 9.59 Å². The molecule has 1 heterocycles. The molecular formula is C17H21ClN2O3. The van der Waals surface area contributed by atoms with Crippen molar-refractivity contribution in [3.8, 4) is 0 Å². The molecule has 0 fully saturated rings. The number of aromatic nitrogens is 1. The SMILES string of the molecule is CC(C)C(C)(CC(=O)O)NC(=O)Cn1ccc2ccc(Cl)cc21. The minimum Gasteiger partial charge on any atom is -0.481 e. The summed E-state index contributed by atoms with van der Waals surface area (Å²) in [6.07, 6.45) is 1.71. The second-order valence-electron chi connectivity index (χ2n) is 6.34. The second-order valence-corrected chi connectivity index (χ2v) is 6.77. The van der Waals surface area contributed by atoms with E-state index in [0.29, 0.717) is 5.02 Å². The van der Waals surface area contributed by atoms with Gasteiger partial charge < -0.3 is 15.0 Å². The van der Waals surface area contributed by atoms with Crippen molar-refractivity contribution in [2.75, 3.05) is 0 Å². The molecule has 0 bridgehead atoms. The molecule has 2 N–H and O–H groups in total. The highest BCUT2D eigenvalue weighted by Crippen LogP contribution is 2.22. The number of hydrogen-bond donors (Lipinski definition) is 2. The van der Waals surface area contributed by atoms with E-state index in [-0.39, 0.29) is 24.8 Å². The molecule has 124 valence electrons. The Morgan fingerprint density at radius 3 is 2.65 bits per heavy atom. The van der Waals surface area contributed by atoms with E-state index in [0.717, 1.165) is 10.9 Å². The van der Waals surface area contributed by atoms with Gasteiger partial charge in [0.05, 0.1) is 12.0 Å². The highest BCUT2D eigenvalue weighted by molar-refractivity contribution is 6.31. The smallest absolute Gasteiger partial charge is 0.305 e. The maximum atomic E-state index is 12.4. The molecule has 0 aliphatic heterocycles. The first-order valence-corrected chi connectivity index (χ1v) is 7.86. The van der Waals surface area contributed by atoms with Crippen LogP contribution in [0.1, 0.15) is 27.2 Å². The lowest BCUT2D eigenvalue weighted by molar-refractivity contribution is -0.139. The lowest BCUT2D eigenvalue weighted by atomic mass is 9.85. The van der Waals surface area contributed by atoms with Crippen molar-refractivity contribution in [1.82, 2.24) is 9.88 Å². The summed E-state index contributed by atoms with van der Waals surface area (Å²) in [5.41, 5.74) is 0.0842. The highest BCUT2D eigenvalue weighted by Gasteiger charge is 2.32. The zero-order chi connectivity index (χ0) is 17.2. The molecule has 0 saturated heterocycles. The van der Waals surface area contributed by atoms with E-state index in [2.05, 4.69) is 5.32 Å². The molecule has 5 nitrogen and oxygen atoms in total. The largest absolute Gasteiger partial charge is 0.481 e. The van der Waals surface area contributed by atoms with Crippen LogP contribution in [0, 0.1) is 5.92 Å². The Bertz CT molecular complexity index is 739. The third-order valence-corrected chi connectivity index (χ3v) is 4.50. The number of aliphatic carboxylic acids is 1. The van der Waals surface area contributed by atoms with E-state index < -0.39 is 11.5 Å². The molecule has 1 atom stereocenters. The van der Waals surface area contributed by atoms with Gasteiger partial charge in [0.25, 0.3) is 0 Å². The Kier molecular flexibility index (Phi) is 5.00. The van der Waals surface area contributed by atoms with Gasteiger partial charge in [-0.15, -0.1) is 0 Å². The molecule has 1 aromatic heterocycles. The maximum absolute atomic E-state index is 12.4. The van der Waals surface area contributed by atoms with E-state index >= 15 is 0 Å². The minimum absolute atomic E-state index is 0.00148. The van der Waals surface area contributed by atoms with Crippen molar-refractivity contribution >= 4 is 34.4 Å². The lowest BCUT2D eigenvalue weighted by Crippen LogP contribution is -2.52. The van der Waals surface area contributed by atoms with Gasteiger partial charge in [0, 0.05) is 16.7 Å². The van der Waals surface area contributed by atoms with Crippen LogP contribution in [-0.2, 0) is 16.1 Å². The molecule has 0 saturated carbocycles. The Balaban J connectivity index is 2.17. The van der Waals surface area contributed by atoms with E-state index in [4.69, 9.17) is 16.7 Å². The van der Waals surface area contributed by atoms with Gasteiger partial charge in [-0.1, -0.05) is 31.5 Å². The summed E-state index contributed by atoms with van der Waals surface area (Å²) >= 11 is 6.01. The van der Waals surface area contributed by atoms with Crippen LogP contribution >= 0.6 is 11.6 Å². The fourth-order valence-corrected chi connectivity index (χ4v) is 2.68. The van der Waals surface area contributed by atoms with E-state index in [1.54, 1.807) is 17.6 Å². The molecule has 0 spiro atoms. The van der Waals surface area contributed by atoms with Crippen LogP contribution in [0.25, 0.3) is 10.9 Å². The van der Waals surface area contributed by atoms with Gasteiger partial charge in [-0.2, -0.15) is 0 Å². The molecule has 6 heteroatoms.